The average molecular weight is 361 g/mol. The highest BCUT2D eigenvalue weighted by atomic mass is 35.5. The van der Waals surface area contributed by atoms with Crippen molar-refractivity contribution in [2.45, 2.75) is 13.8 Å². The number of urea groups is 1. The molecule has 0 heterocycles. The van der Waals surface area contributed by atoms with Crippen LogP contribution in [0.2, 0.25) is 5.02 Å². The monoisotopic (exact) mass is 360 g/mol. The first kappa shape index (κ1) is 18.5. The molecule has 0 aliphatic heterocycles. The van der Waals surface area contributed by atoms with E-state index in [1.165, 1.54) is 12.1 Å². The fourth-order valence-electron chi connectivity index (χ4n) is 2.03. The molecule has 2 N–H and O–H groups in total. The molecule has 0 unspecified atom stereocenters. The Labute approximate surface area is 150 Å². The number of aryl methyl sites for hydroxylation is 1. The van der Waals surface area contributed by atoms with Crippen molar-refractivity contribution in [3.8, 4) is 0 Å². The highest BCUT2D eigenvalue weighted by molar-refractivity contribution is 6.30. The third kappa shape index (κ3) is 5.32. The number of esters is 1. The molecule has 0 aliphatic rings. The zero-order valence-corrected chi connectivity index (χ0v) is 14.5. The molecule has 7 heteroatoms. The zero-order chi connectivity index (χ0) is 18.4. The Morgan fingerprint density at radius 1 is 1.08 bits per heavy atom. The van der Waals surface area contributed by atoms with E-state index in [-0.39, 0.29) is 5.56 Å². The van der Waals surface area contributed by atoms with E-state index in [2.05, 4.69) is 10.6 Å². The van der Waals surface area contributed by atoms with E-state index in [0.717, 1.165) is 11.1 Å². The lowest BCUT2D eigenvalue weighted by Gasteiger charge is -2.11. The number of benzene rings is 2. The summed E-state index contributed by atoms with van der Waals surface area (Å²) in [5.74, 6) is -1.44. The van der Waals surface area contributed by atoms with Gasteiger partial charge in [0.25, 0.3) is 5.91 Å². The number of nitrogens with one attached hydrogen (secondary N) is 2. The first-order valence-corrected chi connectivity index (χ1v) is 7.84. The largest absolute Gasteiger partial charge is 0.452 e. The van der Waals surface area contributed by atoms with Gasteiger partial charge in [-0.1, -0.05) is 29.8 Å². The van der Waals surface area contributed by atoms with Crippen molar-refractivity contribution >= 4 is 35.2 Å². The summed E-state index contributed by atoms with van der Waals surface area (Å²) in [6, 6.07) is 10.9. The van der Waals surface area contributed by atoms with Gasteiger partial charge in [-0.25, -0.2) is 9.59 Å². The van der Waals surface area contributed by atoms with Gasteiger partial charge >= 0.3 is 12.0 Å². The first-order valence-electron chi connectivity index (χ1n) is 7.46. The molecule has 2 rings (SSSR count). The van der Waals surface area contributed by atoms with Crippen molar-refractivity contribution in [1.29, 1.82) is 0 Å². The minimum absolute atomic E-state index is 0.222. The number of hydrogen-bond donors (Lipinski definition) is 2. The van der Waals surface area contributed by atoms with Crippen LogP contribution in [0.15, 0.2) is 42.5 Å². The minimum atomic E-state index is -0.738. The maximum absolute atomic E-state index is 11.8. The van der Waals surface area contributed by atoms with E-state index >= 15 is 0 Å². The van der Waals surface area contributed by atoms with E-state index in [9.17, 15) is 14.4 Å². The number of ether oxygens (including phenoxy) is 1. The van der Waals surface area contributed by atoms with Crippen molar-refractivity contribution in [3.63, 3.8) is 0 Å². The molecule has 0 saturated heterocycles. The molecule has 0 atom stereocenters. The summed E-state index contributed by atoms with van der Waals surface area (Å²) in [7, 11) is 0. The molecule has 6 nitrogen and oxygen atoms in total. The molecule has 2 aromatic rings. The van der Waals surface area contributed by atoms with Crippen LogP contribution in [0.3, 0.4) is 0 Å². The Balaban J connectivity index is 1.84. The second-order valence-corrected chi connectivity index (χ2v) is 5.77. The standard InChI is InChI=1S/C18H17ClN2O4/c1-11-5-3-8-15(12(11)2)20-18(24)21-16(22)10-25-17(23)13-6-4-7-14(19)9-13/h3-9H,10H2,1-2H3,(H2,20,21,22,24). The average Bonchev–Trinajstić information content (AvgIpc) is 2.56. The molecule has 0 saturated carbocycles. The molecule has 25 heavy (non-hydrogen) atoms. The predicted molar refractivity (Wildman–Crippen MR) is 94.8 cm³/mol. The maximum Gasteiger partial charge on any atom is 0.338 e. The van der Waals surface area contributed by atoms with Gasteiger partial charge in [0.15, 0.2) is 6.61 Å². The topological polar surface area (TPSA) is 84.5 Å². The van der Waals surface area contributed by atoms with Crippen molar-refractivity contribution in [2.75, 3.05) is 11.9 Å². The highest BCUT2D eigenvalue weighted by Crippen LogP contribution is 2.17. The van der Waals surface area contributed by atoms with Crippen LogP contribution in [0.1, 0.15) is 21.5 Å². The summed E-state index contributed by atoms with van der Waals surface area (Å²) in [6.07, 6.45) is 0. The summed E-state index contributed by atoms with van der Waals surface area (Å²) < 4.78 is 4.85. The Kier molecular flexibility index (Phi) is 6.14. The van der Waals surface area contributed by atoms with Gasteiger partial charge in [-0.15, -0.1) is 0 Å². The number of carbonyl (C=O) groups excluding carboxylic acids is 3. The van der Waals surface area contributed by atoms with Crippen LogP contribution >= 0.6 is 11.6 Å². The lowest BCUT2D eigenvalue weighted by atomic mass is 10.1. The Morgan fingerprint density at radius 3 is 2.52 bits per heavy atom. The van der Waals surface area contributed by atoms with Gasteiger partial charge in [0.2, 0.25) is 0 Å². The maximum atomic E-state index is 11.8. The van der Waals surface area contributed by atoms with Crippen LogP contribution in [-0.4, -0.2) is 24.5 Å². The SMILES string of the molecule is Cc1cccc(NC(=O)NC(=O)COC(=O)c2cccc(Cl)c2)c1C. The predicted octanol–water partition coefficient (Wildman–Crippen LogP) is 3.46. The molecule has 0 aromatic heterocycles. The van der Waals surface area contributed by atoms with Gasteiger partial charge in [0.05, 0.1) is 5.56 Å². The van der Waals surface area contributed by atoms with Gasteiger partial charge in [0, 0.05) is 10.7 Å². The molecule has 2 aromatic carbocycles. The van der Waals surface area contributed by atoms with Gasteiger partial charge in [-0.2, -0.15) is 0 Å². The number of imide groups is 1. The van der Waals surface area contributed by atoms with Crippen LogP contribution < -0.4 is 10.6 Å². The molecule has 0 radical (unpaired) electrons. The Morgan fingerprint density at radius 2 is 1.80 bits per heavy atom. The van der Waals surface area contributed by atoms with E-state index in [0.29, 0.717) is 10.7 Å². The summed E-state index contributed by atoms with van der Waals surface area (Å²) >= 11 is 5.78. The molecule has 0 spiro atoms. The van der Waals surface area contributed by atoms with Crippen molar-refractivity contribution in [1.82, 2.24) is 5.32 Å². The van der Waals surface area contributed by atoms with Crippen LogP contribution in [0.4, 0.5) is 10.5 Å². The Hall–Kier alpha value is -2.86. The molecule has 130 valence electrons. The van der Waals surface area contributed by atoms with Crippen molar-refractivity contribution < 1.29 is 19.1 Å². The lowest BCUT2D eigenvalue weighted by Crippen LogP contribution is -2.37. The van der Waals surface area contributed by atoms with Gasteiger partial charge < -0.3 is 10.1 Å². The van der Waals surface area contributed by atoms with Crippen molar-refractivity contribution in [3.05, 3.63) is 64.2 Å². The first-order chi connectivity index (χ1) is 11.9. The molecular formula is C18H17ClN2O4. The van der Waals surface area contributed by atoms with Crippen LogP contribution in [-0.2, 0) is 9.53 Å². The number of rotatable bonds is 4. The van der Waals surface area contributed by atoms with Crippen LogP contribution in [0.25, 0.3) is 0 Å². The molecule has 3 amide bonds. The number of carbonyl (C=O) groups is 3. The number of anilines is 1. The van der Waals surface area contributed by atoms with Gasteiger partial charge in [-0.3, -0.25) is 10.1 Å². The minimum Gasteiger partial charge on any atom is -0.452 e. The lowest BCUT2D eigenvalue weighted by molar-refractivity contribution is -0.123. The smallest absolute Gasteiger partial charge is 0.338 e. The van der Waals surface area contributed by atoms with E-state index in [4.69, 9.17) is 16.3 Å². The van der Waals surface area contributed by atoms with Gasteiger partial charge in [0.1, 0.15) is 0 Å². The molecule has 0 bridgehead atoms. The molecular weight excluding hydrogens is 344 g/mol. The second kappa shape index (κ2) is 8.30. The zero-order valence-electron chi connectivity index (χ0n) is 13.8. The van der Waals surface area contributed by atoms with Crippen molar-refractivity contribution in [2.24, 2.45) is 0 Å². The summed E-state index contributed by atoms with van der Waals surface area (Å²) in [4.78, 5) is 35.4. The normalized spacial score (nSPS) is 10.0. The van der Waals surface area contributed by atoms with E-state index in [1.54, 1.807) is 24.3 Å². The van der Waals surface area contributed by atoms with E-state index in [1.807, 2.05) is 19.9 Å². The third-order valence-electron chi connectivity index (χ3n) is 3.50. The molecule has 0 aliphatic carbocycles. The highest BCUT2D eigenvalue weighted by Gasteiger charge is 2.13. The van der Waals surface area contributed by atoms with Crippen LogP contribution in [0.5, 0.6) is 0 Å². The second-order valence-electron chi connectivity index (χ2n) is 5.34. The molecule has 0 fully saturated rings. The summed E-state index contributed by atoms with van der Waals surface area (Å²) in [6.45, 7) is 3.20. The summed E-state index contributed by atoms with van der Waals surface area (Å²) in [5, 5.41) is 5.06. The van der Waals surface area contributed by atoms with E-state index < -0.39 is 24.5 Å². The van der Waals surface area contributed by atoms with Crippen LogP contribution in [0, 0.1) is 13.8 Å². The third-order valence-corrected chi connectivity index (χ3v) is 3.74. The Bertz CT molecular complexity index is 820. The fourth-order valence-corrected chi connectivity index (χ4v) is 2.22. The number of hydrogen-bond acceptors (Lipinski definition) is 4. The fraction of sp³-hybridized carbons (Fsp3) is 0.167. The quantitative estimate of drug-likeness (QED) is 0.818. The number of amides is 3. The summed E-state index contributed by atoms with van der Waals surface area (Å²) in [5.41, 5.74) is 2.73. The van der Waals surface area contributed by atoms with Gasteiger partial charge in [-0.05, 0) is 49.2 Å². The number of halogens is 1.